The molecule has 1 aromatic rings. The molecule has 0 aliphatic heterocycles. The van der Waals surface area contributed by atoms with Crippen molar-refractivity contribution in [3.8, 4) is 5.75 Å². The number of hydrogen-bond donors (Lipinski definition) is 0. The highest BCUT2D eigenvalue weighted by atomic mass is 19.4. The normalized spacial score (nSPS) is 13.1. The van der Waals surface area contributed by atoms with E-state index in [-0.39, 0.29) is 12.4 Å². The number of alkyl halides is 7. The number of ether oxygens (including phenoxy) is 1. The van der Waals surface area contributed by atoms with E-state index >= 15 is 0 Å². The molecule has 21 heavy (non-hydrogen) atoms. The average molecular weight is 318 g/mol. The van der Waals surface area contributed by atoms with Gasteiger partial charge in [-0.3, -0.25) is 4.79 Å². The quantitative estimate of drug-likeness (QED) is 0.603. The van der Waals surface area contributed by atoms with E-state index < -0.39 is 29.4 Å². The molecule has 0 aliphatic carbocycles. The summed E-state index contributed by atoms with van der Waals surface area (Å²) in [6.45, 7) is 1.83. The summed E-state index contributed by atoms with van der Waals surface area (Å²) < 4.78 is 92.6. The van der Waals surface area contributed by atoms with E-state index in [1.54, 1.807) is 6.92 Å². The summed E-state index contributed by atoms with van der Waals surface area (Å²) in [5.74, 6) is -14.8. The third-order valence-corrected chi connectivity index (χ3v) is 2.46. The van der Waals surface area contributed by atoms with E-state index in [2.05, 4.69) is 0 Å². The second-order valence-corrected chi connectivity index (χ2v) is 3.93. The summed E-state index contributed by atoms with van der Waals surface area (Å²) >= 11 is 0. The molecular weight excluding hydrogens is 309 g/mol. The third-order valence-electron chi connectivity index (χ3n) is 2.46. The average Bonchev–Trinajstić information content (AvgIpc) is 2.37. The Kier molecular flexibility index (Phi) is 4.54. The molecule has 0 aromatic heterocycles. The highest BCUT2D eigenvalue weighted by molar-refractivity contribution is 6.02. The van der Waals surface area contributed by atoms with Crippen LogP contribution in [0.3, 0.4) is 0 Å². The van der Waals surface area contributed by atoms with Crippen LogP contribution in [0.1, 0.15) is 17.3 Å². The predicted octanol–water partition coefficient (Wildman–Crippen LogP) is 4.10. The van der Waals surface area contributed by atoms with Crippen LogP contribution >= 0.6 is 0 Å². The van der Waals surface area contributed by atoms with Crippen LogP contribution in [0.4, 0.5) is 30.7 Å². The molecular formula is C12H9F7O2. The number of Topliss-reactive ketones (excluding diaryl/α,β-unsaturated/α-hetero) is 1. The smallest absolute Gasteiger partial charge is 0.460 e. The number of halogens is 7. The molecule has 9 heteroatoms. The molecule has 0 aliphatic rings. The fourth-order valence-corrected chi connectivity index (χ4v) is 1.37. The molecule has 0 amide bonds. The van der Waals surface area contributed by atoms with Gasteiger partial charge in [-0.05, 0) is 31.2 Å². The molecule has 0 unspecified atom stereocenters. The van der Waals surface area contributed by atoms with Gasteiger partial charge < -0.3 is 4.74 Å². The minimum Gasteiger partial charge on any atom is -0.494 e. The number of carbonyl (C=O) groups excluding carboxylic acids is 1. The predicted molar refractivity (Wildman–Crippen MR) is 57.9 cm³/mol. The van der Waals surface area contributed by atoms with Crippen molar-refractivity contribution >= 4 is 5.78 Å². The summed E-state index contributed by atoms with van der Waals surface area (Å²) in [5, 5.41) is 0. The largest absolute Gasteiger partial charge is 0.494 e. The van der Waals surface area contributed by atoms with E-state index in [0.717, 1.165) is 12.1 Å². The highest BCUT2D eigenvalue weighted by Gasteiger charge is 2.76. The zero-order chi connectivity index (χ0) is 16.5. The first-order valence-corrected chi connectivity index (χ1v) is 5.55. The van der Waals surface area contributed by atoms with Crippen molar-refractivity contribution in [2.45, 2.75) is 24.9 Å². The van der Waals surface area contributed by atoms with Gasteiger partial charge in [0.1, 0.15) is 5.75 Å². The van der Waals surface area contributed by atoms with E-state index in [9.17, 15) is 35.5 Å². The van der Waals surface area contributed by atoms with E-state index in [4.69, 9.17) is 4.74 Å². The number of rotatable bonds is 5. The first-order valence-electron chi connectivity index (χ1n) is 5.55. The number of ketones is 1. The Hall–Kier alpha value is -1.80. The lowest BCUT2D eigenvalue weighted by molar-refractivity contribution is -0.339. The van der Waals surface area contributed by atoms with Crippen molar-refractivity contribution in [2.75, 3.05) is 6.61 Å². The van der Waals surface area contributed by atoms with Gasteiger partial charge in [0.2, 0.25) is 5.78 Å². The summed E-state index contributed by atoms with van der Waals surface area (Å²) in [5.41, 5.74) is -0.979. The molecule has 0 radical (unpaired) electrons. The van der Waals surface area contributed by atoms with Gasteiger partial charge in [0.05, 0.1) is 6.61 Å². The third kappa shape index (κ3) is 3.11. The maximum absolute atomic E-state index is 13.2. The van der Waals surface area contributed by atoms with Crippen LogP contribution in [0.15, 0.2) is 24.3 Å². The van der Waals surface area contributed by atoms with Gasteiger partial charge in [0.15, 0.2) is 0 Å². The van der Waals surface area contributed by atoms with Crippen LogP contribution in [0.5, 0.6) is 5.75 Å². The van der Waals surface area contributed by atoms with Crippen LogP contribution in [0.2, 0.25) is 0 Å². The lowest BCUT2D eigenvalue weighted by atomic mass is 10.00. The topological polar surface area (TPSA) is 26.3 Å². The highest BCUT2D eigenvalue weighted by Crippen LogP contribution is 2.47. The van der Waals surface area contributed by atoms with Gasteiger partial charge >= 0.3 is 18.0 Å². The van der Waals surface area contributed by atoms with Crippen molar-refractivity contribution in [2.24, 2.45) is 0 Å². The lowest BCUT2D eigenvalue weighted by Gasteiger charge is -2.27. The Morgan fingerprint density at radius 3 is 1.86 bits per heavy atom. The number of carbonyl (C=O) groups is 1. The zero-order valence-corrected chi connectivity index (χ0v) is 10.5. The summed E-state index contributed by atoms with van der Waals surface area (Å²) in [6.07, 6.45) is -6.54. The fourth-order valence-electron chi connectivity index (χ4n) is 1.37. The second kappa shape index (κ2) is 5.53. The number of hydrogen-bond acceptors (Lipinski definition) is 2. The molecule has 0 saturated carbocycles. The van der Waals surface area contributed by atoms with Gasteiger partial charge in [-0.1, -0.05) is 0 Å². The monoisotopic (exact) mass is 318 g/mol. The summed E-state index contributed by atoms with van der Waals surface area (Å²) in [6, 6.07) is 3.40. The zero-order valence-electron chi connectivity index (χ0n) is 10.5. The first kappa shape index (κ1) is 17.3. The van der Waals surface area contributed by atoms with E-state index in [1.165, 1.54) is 0 Å². The van der Waals surface area contributed by atoms with Gasteiger partial charge in [-0.2, -0.15) is 30.7 Å². The molecule has 1 aromatic carbocycles. The van der Waals surface area contributed by atoms with E-state index in [1.807, 2.05) is 0 Å². The van der Waals surface area contributed by atoms with Crippen molar-refractivity contribution in [1.29, 1.82) is 0 Å². The molecule has 0 bridgehead atoms. The molecule has 2 nitrogen and oxygen atoms in total. The van der Waals surface area contributed by atoms with Crippen LogP contribution in [0.25, 0.3) is 0 Å². The van der Waals surface area contributed by atoms with Gasteiger partial charge in [0.25, 0.3) is 0 Å². The Morgan fingerprint density at radius 2 is 1.48 bits per heavy atom. The van der Waals surface area contributed by atoms with Crippen molar-refractivity contribution in [1.82, 2.24) is 0 Å². The molecule has 0 saturated heterocycles. The summed E-state index contributed by atoms with van der Waals surface area (Å²) in [7, 11) is 0. The lowest BCUT2D eigenvalue weighted by Crippen LogP contribution is -2.56. The molecule has 0 atom stereocenters. The molecule has 118 valence electrons. The molecule has 0 N–H and O–H groups in total. The first-order chi connectivity index (χ1) is 9.45. The van der Waals surface area contributed by atoms with Gasteiger partial charge in [-0.15, -0.1) is 0 Å². The summed E-state index contributed by atoms with van der Waals surface area (Å²) in [4.78, 5) is 11.3. The van der Waals surface area contributed by atoms with Gasteiger partial charge in [-0.25, -0.2) is 0 Å². The minimum absolute atomic E-state index is 0.153. The van der Waals surface area contributed by atoms with E-state index in [0.29, 0.717) is 12.1 Å². The maximum Gasteiger partial charge on any atom is 0.460 e. The van der Waals surface area contributed by atoms with Crippen LogP contribution in [0, 0.1) is 0 Å². The Morgan fingerprint density at radius 1 is 1.00 bits per heavy atom. The van der Waals surface area contributed by atoms with Crippen molar-refractivity contribution < 1.29 is 40.3 Å². The Bertz CT molecular complexity index is 505. The van der Waals surface area contributed by atoms with Crippen LogP contribution in [-0.4, -0.2) is 30.4 Å². The molecule has 0 fully saturated rings. The van der Waals surface area contributed by atoms with Crippen molar-refractivity contribution in [3.63, 3.8) is 0 Å². The van der Waals surface area contributed by atoms with Crippen LogP contribution < -0.4 is 4.74 Å². The van der Waals surface area contributed by atoms with Crippen molar-refractivity contribution in [3.05, 3.63) is 29.8 Å². The molecule has 0 heterocycles. The molecule has 1 rings (SSSR count). The Balaban J connectivity index is 3.11. The molecule has 0 spiro atoms. The standard InChI is InChI=1S/C12H9F7O2/c1-2-21-8-5-3-7(4-6-8)9(20)10(13,14)11(15,16)12(17,18)19/h3-6H,2H2,1H3. The van der Waals surface area contributed by atoms with Crippen LogP contribution in [-0.2, 0) is 0 Å². The number of benzene rings is 1. The second-order valence-electron chi connectivity index (χ2n) is 3.93. The minimum atomic E-state index is -6.54. The SMILES string of the molecule is CCOc1ccc(C(=O)C(F)(F)C(F)(F)C(F)(F)F)cc1. The van der Waals surface area contributed by atoms with Gasteiger partial charge in [0, 0.05) is 5.56 Å². The fraction of sp³-hybridized carbons (Fsp3) is 0.417. The Labute approximate surface area is 114 Å². The maximum atomic E-state index is 13.2.